The smallest absolute Gasteiger partial charge is 0.216 e. The van der Waals surface area contributed by atoms with Gasteiger partial charge in [-0.25, -0.2) is 0 Å². The topological polar surface area (TPSA) is 60.2 Å². The molecule has 0 saturated carbocycles. The van der Waals surface area contributed by atoms with E-state index < -0.39 is 0 Å². The lowest BCUT2D eigenvalue weighted by Crippen LogP contribution is -2.01. The summed E-state index contributed by atoms with van der Waals surface area (Å²) >= 11 is 10.2. The molecule has 1 aromatic heterocycles. The molecule has 0 atom stereocenters. The number of halogens is 2. The quantitative estimate of drug-likeness (QED) is 0.479. The van der Waals surface area contributed by atoms with Gasteiger partial charge in [-0.05, 0) is 23.7 Å². The lowest BCUT2D eigenvalue weighted by Gasteiger charge is -1.98. The Bertz CT molecular complexity index is 497. The highest BCUT2D eigenvalue weighted by atomic mass is 35.5. The molecular weight excluding hydrogens is 265 g/mol. The van der Waals surface area contributed by atoms with Gasteiger partial charge in [-0.3, -0.25) is 9.59 Å². The lowest BCUT2D eigenvalue weighted by molar-refractivity contribution is 0.103. The number of carbonyl (C=O) groups is 2. The Morgan fingerprint density at radius 3 is 2.47 bits per heavy atom. The first-order valence-electron chi connectivity index (χ1n) is 4.44. The van der Waals surface area contributed by atoms with Gasteiger partial charge in [0, 0.05) is 11.6 Å². The number of rotatable bonds is 2. The van der Waals surface area contributed by atoms with E-state index in [4.69, 9.17) is 16.4 Å². The van der Waals surface area contributed by atoms with Crippen LogP contribution in [0.5, 0.6) is 0 Å². The van der Waals surface area contributed by atoms with Crippen molar-refractivity contribution in [3.8, 4) is 0 Å². The SMILES string of the molecule is O=C(c1ccon1)c1ccccc1Cl.O=CCl. The highest BCUT2D eigenvalue weighted by Gasteiger charge is 2.14. The fourth-order valence-electron chi connectivity index (χ4n) is 1.11. The maximum Gasteiger partial charge on any atom is 0.216 e. The minimum absolute atomic E-state index is 0.222. The molecule has 0 radical (unpaired) electrons. The molecule has 0 amide bonds. The Kier molecular flexibility index (Phi) is 5.39. The summed E-state index contributed by atoms with van der Waals surface area (Å²) in [6, 6.07) is 8.33. The third-order valence-electron chi connectivity index (χ3n) is 1.79. The van der Waals surface area contributed by atoms with E-state index in [9.17, 15) is 4.79 Å². The summed E-state index contributed by atoms with van der Waals surface area (Å²) in [7, 11) is 0. The van der Waals surface area contributed by atoms with Crippen molar-refractivity contribution in [1.29, 1.82) is 0 Å². The normalized spacial score (nSPS) is 9.06. The van der Waals surface area contributed by atoms with Gasteiger partial charge in [0.05, 0.1) is 5.02 Å². The van der Waals surface area contributed by atoms with Gasteiger partial charge in [0.1, 0.15) is 6.26 Å². The average Bonchev–Trinajstić information content (AvgIpc) is 2.83. The molecule has 0 aliphatic heterocycles. The number of carbonyl (C=O) groups excluding carboxylic acids is 2. The minimum atomic E-state index is -0.232. The van der Waals surface area contributed by atoms with Crippen LogP contribution in [0.25, 0.3) is 0 Å². The molecule has 0 N–H and O–H groups in total. The second-order valence-electron chi connectivity index (χ2n) is 2.78. The van der Waals surface area contributed by atoms with Crippen LogP contribution < -0.4 is 0 Å². The van der Waals surface area contributed by atoms with E-state index in [0.29, 0.717) is 10.6 Å². The number of ketones is 1. The van der Waals surface area contributed by atoms with Gasteiger partial charge in [0.2, 0.25) is 11.5 Å². The number of hydrogen-bond donors (Lipinski definition) is 0. The van der Waals surface area contributed by atoms with Gasteiger partial charge >= 0.3 is 0 Å². The minimum Gasteiger partial charge on any atom is -0.364 e. The van der Waals surface area contributed by atoms with Crippen LogP contribution in [-0.2, 0) is 4.79 Å². The van der Waals surface area contributed by atoms with Crippen molar-refractivity contribution in [3.05, 3.63) is 52.9 Å². The van der Waals surface area contributed by atoms with Gasteiger partial charge in [-0.1, -0.05) is 28.9 Å². The van der Waals surface area contributed by atoms with Gasteiger partial charge in [-0.15, -0.1) is 0 Å². The number of aromatic nitrogens is 1. The van der Waals surface area contributed by atoms with E-state index in [0.717, 1.165) is 0 Å². The monoisotopic (exact) mass is 271 g/mol. The molecule has 6 heteroatoms. The molecule has 0 fully saturated rings. The molecule has 88 valence electrons. The zero-order chi connectivity index (χ0) is 12.7. The molecule has 0 bridgehead atoms. The summed E-state index contributed by atoms with van der Waals surface area (Å²) in [6.45, 7) is 0. The van der Waals surface area contributed by atoms with E-state index in [2.05, 4.69) is 21.3 Å². The van der Waals surface area contributed by atoms with Gasteiger partial charge in [0.25, 0.3) is 0 Å². The van der Waals surface area contributed by atoms with E-state index in [1.807, 2.05) is 0 Å². The second-order valence-corrected chi connectivity index (χ2v) is 3.37. The zero-order valence-electron chi connectivity index (χ0n) is 8.47. The lowest BCUT2D eigenvalue weighted by atomic mass is 10.1. The van der Waals surface area contributed by atoms with Crippen LogP contribution >= 0.6 is 23.2 Å². The third kappa shape index (κ3) is 3.69. The Labute approximate surface area is 107 Å². The Morgan fingerprint density at radius 1 is 1.29 bits per heavy atom. The van der Waals surface area contributed by atoms with Crippen LogP contribution in [0.4, 0.5) is 0 Å². The summed E-state index contributed by atoms with van der Waals surface area (Å²) in [4.78, 5) is 20.3. The summed E-state index contributed by atoms with van der Waals surface area (Å²) in [6.07, 6.45) is 1.35. The third-order valence-corrected chi connectivity index (χ3v) is 2.12. The summed E-state index contributed by atoms with van der Waals surface area (Å²) in [5.74, 6) is -0.00986. The van der Waals surface area contributed by atoms with Crippen LogP contribution in [-0.4, -0.2) is 16.7 Å². The first kappa shape index (κ1) is 13.4. The van der Waals surface area contributed by atoms with Crippen LogP contribution in [0.2, 0.25) is 5.02 Å². The molecule has 2 aromatic rings. The standard InChI is InChI=1S/C10H6ClNO2.CHClO/c11-8-4-2-1-3-7(8)10(13)9-5-6-14-12-9;2-1-3/h1-6H;1H. The molecule has 0 aliphatic rings. The summed E-state index contributed by atoms with van der Waals surface area (Å²) in [5.41, 5.74) is 0.696. The molecule has 0 unspecified atom stereocenters. The van der Waals surface area contributed by atoms with Gasteiger partial charge in [-0.2, -0.15) is 0 Å². The van der Waals surface area contributed by atoms with Gasteiger partial charge < -0.3 is 4.52 Å². The first-order chi connectivity index (χ1) is 8.20. The molecular formula is C11H7Cl2NO3. The fourth-order valence-corrected chi connectivity index (χ4v) is 1.33. The molecule has 0 spiro atoms. The predicted octanol–water partition coefficient (Wildman–Crippen LogP) is 2.97. The predicted molar refractivity (Wildman–Crippen MR) is 64.0 cm³/mol. The van der Waals surface area contributed by atoms with Crippen LogP contribution in [0.1, 0.15) is 16.1 Å². The van der Waals surface area contributed by atoms with Crippen molar-refractivity contribution in [2.45, 2.75) is 0 Å². The van der Waals surface area contributed by atoms with E-state index in [-0.39, 0.29) is 17.2 Å². The second kappa shape index (κ2) is 6.83. The molecule has 0 saturated heterocycles. The van der Waals surface area contributed by atoms with E-state index in [1.54, 1.807) is 24.3 Å². The van der Waals surface area contributed by atoms with Crippen LogP contribution in [0, 0.1) is 0 Å². The molecule has 1 aromatic carbocycles. The maximum atomic E-state index is 11.7. The van der Waals surface area contributed by atoms with Crippen molar-refractivity contribution >= 4 is 34.7 Å². The van der Waals surface area contributed by atoms with Crippen molar-refractivity contribution in [1.82, 2.24) is 5.16 Å². The number of hydrogen-bond acceptors (Lipinski definition) is 4. The molecule has 1 heterocycles. The van der Waals surface area contributed by atoms with Crippen molar-refractivity contribution in [2.24, 2.45) is 0 Å². The highest BCUT2D eigenvalue weighted by Crippen LogP contribution is 2.17. The summed E-state index contributed by atoms with van der Waals surface area (Å²) in [5, 5.41) is 3.97. The average molecular weight is 272 g/mol. The van der Waals surface area contributed by atoms with Crippen LogP contribution in [0.3, 0.4) is 0 Å². The maximum absolute atomic E-state index is 11.7. The van der Waals surface area contributed by atoms with Crippen LogP contribution in [0.15, 0.2) is 41.1 Å². The van der Waals surface area contributed by atoms with Crippen molar-refractivity contribution in [3.63, 3.8) is 0 Å². The Balaban J connectivity index is 0.000000437. The van der Waals surface area contributed by atoms with Crippen molar-refractivity contribution in [2.75, 3.05) is 0 Å². The number of benzene rings is 1. The highest BCUT2D eigenvalue weighted by molar-refractivity contribution is 6.54. The Morgan fingerprint density at radius 2 is 1.94 bits per heavy atom. The number of nitrogens with zero attached hydrogens (tertiary/aromatic N) is 1. The Hall–Kier alpha value is -1.65. The molecule has 2 rings (SSSR count). The largest absolute Gasteiger partial charge is 0.364 e. The molecule has 0 aliphatic carbocycles. The zero-order valence-corrected chi connectivity index (χ0v) is 9.98. The van der Waals surface area contributed by atoms with Crippen molar-refractivity contribution < 1.29 is 14.1 Å². The first-order valence-corrected chi connectivity index (χ1v) is 5.25. The summed E-state index contributed by atoms with van der Waals surface area (Å²) < 4.78 is 4.58. The van der Waals surface area contributed by atoms with E-state index >= 15 is 0 Å². The fraction of sp³-hybridized carbons (Fsp3) is 0. The van der Waals surface area contributed by atoms with Gasteiger partial charge in [0.15, 0.2) is 5.69 Å². The molecule has 4 nitrogen and oxygen atoms in total. The molecule has 17 heavy (non-hydrogen) atoms. The van der Waals surface area contributed by atoms with E-state index in [1.165, 1.54) is 12.3 Å².